The summed E-state index contributed by atoms with van der Waals surface area (Å²) < 4.78 is 14.0. The van der Waals surface area contributed by atoms with Gasteiger partial charge in [0, 0.05) is 17.3 Å². The fourth-order valence-corrected chi connectivity index (χ4v) is 2.76. The molecule has 0 unspecified atom stereocenters. The molecule has 3 rings (SSSR count). The monoisotopic (exact) mass is 319 g/mol. The first kappa shape index (κ1) is 15.8. The Morgan fingerprint density at radius 3 is 2.12 bits per heavy atom. The maximum atomic E-state index is 14.0. The average Bonchev–Trinajstić information content (AvgIpc) is 2.55. The van der Waals surface area contributed by atoms with Gasteiger partial charge in [-0.2, -0.15) is 0 Å². The van der Waals surface area contributed by atoms with Crippen LogP contribution in [-0.2, 0) is 0 Å². The summed E-state index contributed by atoms with van der Waals surface area (Å²) in [4.78, 5) is 0. The zero-order valence-corrected chi connectivity index (χ0v) is 13.4. The Kier molecular flexibility index (Phi) is 4.09. The van der Waals surface area contributed by atoms with E-state index in [0.717, 1.165) is 33.9 Å². The van der Waals surface area contributed by atoms with Crippen molar-refractivity contribution in [3.63, 3.8) is 0 Å². The fraction of sp³-hybridized carbons (Fsp3) is 0.0476. The number of nitrogens with two attached hydrogens (primary N) is 1. The molecule has 0 aromatic heterocycles. The molecule has 3 aromatic rings. The van der Waals surface area contributed by atoms with E-state index in [-0.39, 0.29) is 5.75 Å². The smallest absolute Gasteiger partial charge is 0.134 e. The van der Waals surface area contributed by atoms with Crippen LogP contribution in [0.5, 0.6) is 5.75 Å². The molecule has 0 spiro atoms. The molecule has 3 heteroatoms. The summed E-state index contributed by atoms with van der Waals surface area (Å²) in [6.07, 6.45) is 0. The van der Waals surface area contributed by atoms with Crippen molar-refractivity contribution in [1.82, 2.24) is 0 Å². The Morgan fingerprint density at radius 1 is 0.917 bits per heavy atom. The molecule has 0 saturated heterocycles. The number of hydrogen-bond acceptors (Lipinski definition) is 2. The molecule has 3 aromatic carbocycles. The van der Waals surface area contributed by atoms with Crippen molar-refractivity contribution in [2.24, 2.45) is 5.73 Å². The summed E-state index contributed by atoms with van der Waals surface area (Å²) in [5, 5.41) is 9.34. The summed E-state index contributed by atoms with van der Waals surface area (Å²) in [6, 6.07) is 17.9. The number of benzene rings is 3. The molecule has 24 heavy (non-hydrogen) atoms. The van der Waals surface area contributed by atoms with Crippen LogP contribution >= 0.6 is 0 Å². The van der Waals surface area contributed by atoms with E-state index in [1.54, 1.807) is 6.07 Å². The molecule has 0 amide bonds. The lowest BCUT2D eigenvalue weighted by Gasteiger charge is -2.11. The second kappa shape index (κ2) is 6.20. The third kappa shape index (κ3) is 3.01. The Morgan fingerprint density at radius 2 is 1.54 bits per heavy atom. The lowest BCUT2D eigenvalue weighted by atomic mass is 9.95. The van der Waals surface area contributed by atoms with Gasteiger partial charge < -0.3 is 10.8 Å². The summed E-state index contributed by atoms with van der Waals surface area (Å²) in [5.74, 6) is -0.515. The second-order valence-electron chi connectivity index (χ2n) is 5.80. The third-order valence-electron chi connectivity index (χ3n) is 4.06. The van der Waals surface area contributed by atoms with Crippen LogP contribution in [0.2, 0.25) is 0 Å². The van der Waals surface area contributed by atoms with Gasteiger partial charge in [0.25, 0.3) is 0 Å². The van der Waals surface area contributed by atoms with Gasteiger partial charge in [-0.1, -0.05) is 49.0 Å². The van der Waals surface area contributed by atoms with Crippen molar-refractivity contribution in [1.29, 1.82) is 0 Å². The Labute approximate surface area is 140 Å². The van der Waals surface area contributed by atoms with E-state index in [2.05, 4.69) is 6.58 Å². The first-order valence-electron chi connectivity index (χ1n) is 7.60. The topological polar surface area (TPSA) is 46.2 Å². The van der Waals surface area contributed by atoms with Gasteiger partial charge in [0.1, 0.15) is 11.6 Å². The Balaban J connectivity index is 1.99. The minimum absolute atomic E-state index is 0.0776. The van der Waals surface area contributed by atoms with E-state index in [0.29, 0.717) is 11.3 Å². The first-order valence-corrected chi connectivity index (χ1v) is 7.60. The van der Waals surface area contributed by atoms with Gasteiger partial charge in [-0.25, -0.2) is 4.39 Å². The van der Waals surface area contributed by atoms with Crippen LogP contribution in [0.25, 0.3) is 28.0 Å². The number of rotatable bonds is 3. The molecule has 0 radical (unpaired) electrons. The molecular weight excluding hydrogens is 301 g/mol. The second-order valence-corrected chi connectivity index (χ2v) is 5.80. The Hall–Kier alpha value is -3.07. The summed E-state index contributed by atoms with van der Waals surface area (Å²) in [5.41, 5.74) is 11.6. The Bertz CT molecular complexity index is 914. The zero-order valence-electron chi connectivity index (χ0n) is 13.4. The predicted molar refractivity (Wildman–Crippen MR) is 96.9 cm³/mol. The highest BCUT2D eigenvalue weighted by atomic mass is 19.1. The molecule has 0 aliphatic carbocycles. The highest BCUT2D eigenvalue weighted by molar-refractivity contribution is 5.75. The SMILES string of the molecule is C=C(N)c1ccc(-c2ccc(-c3ccc(O)cc3F)cc2C)cc1. The average molecular weight is 319 g/mol. The lowest BCUT2D eigenvalue weighted by molar-refractivity contribution is 0.469. The molecule has 2 nitrogen and oxygen atoms in total. The number of phenols is 1. The minimum Gasteiger partial charge on any atom is -0.508 e. The van der Waals surface area contributed by atoms with Gasteiger partial charge in [0.2, 0.25) is 0 Å². The van der Waals surface area contributed by atoms with Crippen LogP contribution in [0.15, 0.2) is 67.2 Å². The van der Waals surface area contributed by atoms with Crippen molar-refractivity contribution in [2.45, 2.75) is 6.92 Å². The van der Waals surface area contributed by atoms with Crippen molar-refractivity contribution in [3.8, 4) is 28.0 Å². The minimum atomic E-state index is -0.437. The number of aromatic hydroxyl groups is 1. The van der Waals surface area contributed by atoms with Crippen LogP contribution in [0.1, 0.15) is 11.1 Å². The zero-order chi connectivity index (χ0) is 17.3. The van der Waals surface area contributed by atoms with Crippen LogP contribution in [0.4, 0.5) is 4.39 Å². The highest BCUT2D eigenvalue weighted by Gasteiger charge is 2.09. The molecule has 0 bridgehead atoms. The maximum Gasteiger partial charge on any atom is 0.134 e. The fourth-order valence-electron chi connectivity index (χ4n) is 2.76. The van der Waals surface area contributed by atoms with Gasteiger partial charge in [-0.15, -0.1) is 0 Å². The van der Waals surface area contributed by atoms with Crippen molar-refractivity contribution in [2.75, 3.05) is 0 Å². The van der Waals surface area contributed by atoms with Crippen LogP contribution in [0.3, 0.4) is 0 Å². The van der Waals surface area contributed by atoms with Crippen LogP contribution in [-0.4, -0.2) is 5.11 Å². The first-order chi connectivity index (χ1) is 11.5. The lowest BCUT2D eigenvalue weighted by Crippen LogP contribution is -1.93. The van der Waals surface area contributed by atoms with Crippen molar-refractivity contribution >= 4 is 5.70 Å². The van der Waals surface area contributed by atoms with Gasteiger partial charge in [0.15, 0.2) is 0 Å². The summed E-state index contributed by atoms with van der Waals surface area (Å²) >= 11 is 0. The maximum absolute atomic E-state index is 14.0. The molecule has 0 fully saturated rings. The van der Waals surface area contributed by atoms with Gasteiger partial charge in [-0.3, -0.25) is 0 Å². The van der Waals surface area contributed by atoms with E-state index in [1.807, 2.05) is 49.4 Å². The van der Waals surface area contributed by atoms with Crippen molar-refractivity contribution in [3.05, 3.63) is 84.2 Å². The third-order valence-corrected chi connectivity index (χ3v) is 4.06. The summed E-state index contributed by atoms with van der Waals surface area (Å²) in [6.45, 7) is 5.72. The van der Waals surface area contributed by atoms with Crippen molar-refractivity contribution < 1.29 is 9.50 Å². The number of hydrogen-bond donors (Lipinski definition) is 2. The molecule has 0 aliphatic heterocycles. The van der Waals surface area contributed by atoms with E-state index < -0.39 is 5.82 Å². The van der Waals surface area contributed by atoms with E-state index in [9.17, 15) is 9.50 Å². The quantitative estimate of drug-likeness (QED) is 0.705. The highest BCUT2D eigenvalue weighted by Crippen LogP contribution is 2.31. The summed E-state index contributed by atoms with van der Waals surface area (Å²) in [7, 11) is 0. The number of halogens is 1. The predicted octanol–water partition coefficient (Wildman–Crippen LogP) is 5.10. The largest absolute Gasteiger partial charge is 0.508 e. The van der Waals surface area contributed by atoms with Gasteiger partial charge in [-0.05, 0) is 46.9 Å². The number of aryl methyl sites for hydroxylation is 1. The molecular formula is C21H18FNO. The van der Waals surface area contributed by atoms with E-state index in [4.69, 9.17) is 5.73 Å². The molecule has 0 heterocycles. The standard InChI is InChI=1S/C21H18FNO/c1-13-11-17(20-10-8-18(24)12-21(20)22)7-9-19(13)16-5-3-15(4-6-16)14(2)23/h3-12,24H,2,23H2,1H3. The molecule has 120 valence electrons. The van der Waals surface area contributed by atoms with E-state index in [1.165, 1.54) is 6.07 Å². The normalized spacial score (nSPS) is 10.6. The van der Waals surface area contributed by atoms with Crippen LogP contribution in [0, 0.1) is 12.7 Å². The van der Waals surface area contributed by atoms with Crippen LogP contribution < -0.4 is 5.73 Å². The molecule has 0 atom stereocenters. The molecule has 3 N–H and O–H groups in total. The van der Waals surface area contributed by atoms with Gasteiger partial charge >= 0.3 is 0 Å². The molecule has 0 aliphatic rings. The number of phenolic OH excluding ortho intramolecular Hbond substituents is 1. The van der Waals surface area contributed by atoms with Gasteiger partial charge in [0.05, 0.1) is 0 Å². The molecule has 0 saturated carbocycles. The van der Waals surface area contributed by atoms with E-state index >= 15 is 0 Å².